The first-order valence-electron chi connectivity index (χ1n) is 22.2. The summed E-state index contributed by atoms with van der Waals surface area (Å²) < 4.78 is 74.0. The lowest BCUT2D eigenvalue weighted by Crippen LogP contribution is -2.58. The van der Waals surface area contributed by atoms with Crippen molar-refractivity contribution >= 4 is 70.4 Å². The van der Waals surface area contributed by atoms with Gasteiger partial charge in [0.25, 0.3) is 10.0 Å². The Morgan fingerprint density at radius 3 is 1.64 bits per heavy atom. The molecule has 2 aromatic heterocycles. The molecule has 3 atom stereocenters. The van der Waals surface area contributed by atoms with Crippen molar-refractivity contribution in [2.24, 2.45) is 17.3 Å². The van der Waals surface area contributed by atoms with Gasteiger partial charge in [-0.2, -0.15) is 0 Å². The normalized spacial score (nSPS) is 20.1. The van der Waals surface area contributed by atoms with Crippen LogP contribution in [0.1, 0.15) is 56.1 Å². The highest BCUT2D eigenvalue weighted by molar-refractivity contribution is 7.89. The average molecular weight is 910 g/mol. The smallest absolute Gasteiger partial charge is 0.387 e. The first-order valence-corrected chi connectivity index (χ1v) is 25.9. The van der Waals surface area contributed by atoms with Crippen LogP contribution in [0.2, 0.25) is 0 Å². The van der Waals surface area contributed by atoms with Gasteiger partial charge in [-0.05, 0) is 92.0 Å². The fourth-order valence-electron chi connectivity index (χ4n) is 10.5. The molecule has 3 aliphatic rings. The molecule has 2 fully saturated rings. The van der Waals surface area contributed by atoms with E-state index in [0.29, 0.717) is 28.8 Å². The molecular weight excluding hydrogens is 861 g/mol. The van der Waals surface area contributed by atoms with Crippen molar-refractivity contribution in [2.45, 2.75) is 69.4 Å². The van der Waals surface area contributed by atoms with Crippen molar-refractivity contribution in [3.05, 3.63) is 174 Å². The Labute approximate surface area is 374 Å². The second kappa shape index (κ2) is 17.2. The van der Waals surface area contributed by atoms with E-state index in [1.54, 1.807) is 16.4 Å². The Hall–Kier alpha value is -5.47. The van der Waals surface area contributed by atoms with E-state index in [1.165, 1.54) is 12.0 Å². The third kappa shape index (κ3) is 7.40. The first-order chi connectivity index (χ1) is 31.4. The number of hydrogen-bond acceptors (Lipinski definition) is 8. The molecule has 12 heteroatoms. The standard InChI is InChI=1S/C52H49NO8P2S/c1-36-28-30-39(31-29-36)64(54,55)53(34-37-16-4-2-5-17-37)51-50(38-18-6-3-7-19-38)44-32-33-49(61-63-59-47-26-14-10-22-42(47)43-23-11-15-27-48(43)60-63)52(44,51)35-56-62-57-45-24-12-8-20-40(45)41-21-9-13-25-46(41)58-62/h2,4-5,8-17,20-31,38,44,49H,3,6-7,18-19,32-35H2,1H3/t44-,49-,52+/m0/s1. The van der Waals surface area contributed by atoms with Gasteiger partial charge in [-0.25, -0.2) is 8.42 Å². The van der Waals surface area contributed by atoms with Crippen molar-refractivity contribution in [3.63, 3.8) is 0 Å². The summed E-state index contributed by atoms with van der Waals surface area (Å²) in [5.74, 6) is 0.182. The van der Waals surface area contributed by atoms with Gasteiger partial charge >= 0.3 is 16.5 Å². The molecule has 0 bridgehead atoms. The predicted molar refractivity (Wildman–Crippen MR) is 254 cm³/mol. The lowest BCUT2D eigenvalue weighted by Gasteiger charge is -2.56. The van der Waals surface area contributed by atoms with Crippen molar-refractivity contribution in [2.75, 3.05) is 6.61 Å². The monoisotopic (exact) mass is 909 g/mol. The van der Waals surface area contributed by atoms with Gasteiger partial charge in [0.15, 0.2) is 0 Å². The van der Waals surface area contributed by atoms with Crippen molar-refractivity contribution in [1.82, 2.24) is 4.31 Å². The summed E-state index contributed by atoms with van der Waals surface area (Å²) in [7, 11) is -8.18. The summed E-state index contributed by atoms with van der Waals surface area (Å²) in [4.78, 5) is 0.237. The summed E-state index contributed by atoms with van der Waals surface area (Å²) in [5.41, 5.74) is 5.52. The summed E-state index contributed by atoms with van der Waals surface area (Å²) in [6, 6.07) is 48.7. The Bertz CT molecular complexity index is 3120. The molecule has 64 heavy (non-hydrogen) atoms. The highest BCUT2D eigenvalue weighted by atomic mass is 32.2. The van der Waals surface area contributed by atoms with Gasteiger partial charge in [-0.15, -0.1) is 0 Å². The van der Waals surface area contributed by atoms with Crippen LogP contribution in [0.15, 0.2) is 185 Å². The van der Waals surface area contributed by atoms with Crippen molar-refractivity contribution in [1.29, 1.82) is 0 Å². The van der Waals surface area contributed by atoms with E-state index in [2.05, 4.69) is 0 Å². The number of benzene rings is 6. The Morgan fingerprint density at radius 2 is 1.09 bits per heavy atom. The SMILES string of the molecule is Cc1ccc(S(=O)(=O)N(Cc2ccccc2)C2=C(C3CCCCC3)[C@@H]3CC[C@H](Op4oc5ccccc5c5ccccc5o4)[C@]23COp2oc3ccccc3c3ccccc3o2)cc1. The molecule has 2 saturated carbocycles. The zero-order valence-corrected chi connectivity index (χ0v) is 38.2. The minimum Gasteiger partial charge on any atom is -0.399 e. The van der Waals surface area contributed by atoms with Gasteiger partial charge in [0.1, 0.15) is 22.3 Å². The third-order valence-corrected chi connectivity index (χ3v) is 17.4. The second-order valence-corrected chi connectivity index (χ2v) is 21.2. The molecule has 0 radical (unpaired) electrons. The molecule has 9 nitrogen and oxygen atoms in total. The van der Waals surface area contributed by atoms with Crippen LogP contribution in [0.4, 0.5) is 0 Å². The molecule has 0 unspecified atom stereocenters. The molecule has 0 spiro atoms. The minimum atomic E-state index is -4.15. The van der Waals surface area contributed by atoms with Crippen LogP contribution in [0.3, 0.4) is 0 Å². The quantitative estimate of drug-likeness (QED) is 0.126. The van der Waals surface area contributed by atoms with Crippen molar-refractivity contribution in [3.8, 4) is 0 Å². The highest BCUT2D eigenvalue weighted by Gasteiger charge is 2.66. The molecule has 8 aromatic rings. The number of para-hydroxylation sites is 4. The molecular formula is C52H49NO8P2S. The maximum Gasteiger partial charge on any atom is 0.387 e. The first kappa shape index (κ1) is 41.2. The number of fused-ring (bicyclic) bond motifs is 7. The van der Waals surface area contributed by atoms with Gasteiger partial charge < -0.3 is 16.8 Å². The number of sulfonamides is 1. The summed E-state index contributed by atoms with van der Waals surface area (Å²) >= 11 is 0. The second-order valence-electron chi connectivity index (χ2n) is 17.3. The number of allylic oxidation sites excluding steroid dienone is 1. The lowest BCUT2D eigenvalue weighted by molar-refractivity contribution is 0.0223. The molecule has 11 rings (SSSR count). The van der Waals surface area contributed by atoms with Crippen LogP contribution in [0.5, 0.6) is 0 Å². The third-order valence-electron chi connectivity index (χ3n) is 13.5. The minimum absolute atomic E-state index is 0.0369. The van der Waals surface area contributed by atoms with Crippen LogP contribution < -0.4 is 9.05 Å². The molecule has 0 N–H and O–H groups in total. The van der Waals surface area contributed by atoms with Gasteiger partial charge in [0.2, 0.25) is 0 Å². The van der Waals surface area contributed by atoms with Gasteiger partial charge in [-0.3, -0.25) is 13.4 Å². The van der Waals surface area contributed by atoms with Crippen LogP contribution in [0, 0.1) is 24.2 Å². The summed E-state index contributed by atoms with van der Waals surface area (Å²) in [6.45, 7) is 2.18. The zero-order valence-electron chi connectivity index (χ0n) is 35.5. The molecule has 0 amide bonds. The maximum absolute atomic E-state index is 15.6. The van der Waals surface area contributed by atoms with Crippen molar-refractivity contribution < 1.29 is 34.3 Å². The van der Waals surface area contributed by atoms with Gasteiger partial charge in [0, 0.05) is 27.2 Å². The molecule has 2 heterocycles. The zero-order chi connectivity index (χ0) is 43.3. The Kier molecular flexibility index (Phi) is 11.1. The Balaban J connectivity index is 1.13. The molecule has 6 aromatic carbocycles. The van der Waals surface area contributed by atoms with E-state index in [1.807, 2.05) is 146 Å². The van der Waals surface area contributed by atoms with Crippen LogP contribution in [-0.4, -0.2) is 25.4 Å². The molecule has 3 aliphatic carbocycles. The maximum atomic E-state index is 15.6. The topological polar surface area (TPSA) is 108 Å². The summed E-state index contributed by atoms with van der Waals surface area (Å²) in [5, 5.41) is 3.67. The fourth-order valence-corrected chi connectivity index (χ4v) is 14.4. The van der Waals surface area contributed by atoms with E-state index < -0.39 is 38.0 Å². The number of rotatable bonds is 11. The number of aryl methyl sites for hydroxylation is 1. The average Bonchev–Trinajstić information content (AvgIpc) is 3.41. The Morgan fingerprint density at radius 1 is 0.594 bits per heavy atom. The highest BCUT2D eigenvalue weighted by Crippen LogP contribution is 2.67. The number of nitrogens with zero attached hydrogens (tertiary/aromatic N) is 1. The van der Waals surface area contributed by atoms with Crippen LogP contribution in [-0.2, 0) is 16.6 Å². The van der Waals surface area contributed by atoms with Gasteiger partial charge in [-0.1, -0.05) is 140 Å². The van der Waals surface area contributed by atoms with E-state index in [4.69, 9.17) is 25.8 Å². The summed E-state index contributed by atoms with van der Waals surface area (Å²) in [6.07, 6.45) is 6.23. The van der Waals surface area contributed by atoms with Gasteiger partial charge in [0.05, 0.1) is 29.6 Å². The van der Waals surface area contributed by atoms with E-state index in [-0.39, 0.29) is 29.9 Å². The lowest BCUT2D eigenvalue weighted by atomic mass is 9.55. The number of hydrogen-bond donors (Lipinski definition) is 0. The largest absolute Gasteiger partial charge is 0.399 e. The fraction of sp³-hybridized carbons (Fsp3) is 0.269. The van der Waals surface area contributed by atoms with E-state index in [9.17, 15) is 0 Å². The van der Waals surface area contributed by atoms with Crippen LogP contribution >= 0.6 is 16.5 Å². The predicted octanol–water partition coefficient (Wildman–Crippen LogP) is 14.3. The molecule has 0 saturated heterocycles. The van der Waals surface area contributed by atoms with E-state index in [0.717, 1.165) is 70.5 Å². The molecule has 0 aliphatic heterocycles. The van der Waals surface area contributed by atoms with E-state index >= 15 is 8.42 Å². The van der Waals surface area contributed by atoms with Crippen LogP contribution in [0.25, 0.3) is 43.9 Å². The molecule has 326 valence electrons.